The fraction of sp³-hybridized carbons (Fsp3) is 0.600. The minimum absolute atomic E-state index is 0.276. The Bertz CT molecular complexity index is 276. The van der Waals surface area contributed by atoms with Gasteiger partial charge in [0.1, 0.15) is 0 Å². The molecule has 0 aliphatic carbocycles. The number of aliphatic hydroxyl groups is 1. The first-order chi connectivity index (χ1) is 7.74. The van der Waals surface area contributed by atoms with Gasteiger partial charge in [-0.25, -0.2) is 0 Å². The molecule has 1 N–H and O–H groups in total. The highest BCUT2D eigenvalue weighted by Gasteiger charge is 2.06. The average Bonchev–Trinajstić information content (AvgIpc) is 2.29. The Balaban J connectivity index is 2.24. The minimum Gasteiger partial charge on any atom is -0.388 e. The molecule has 0 heterocycles. The van der Waals surface area contributed by atoms with E-state index in [0.29, 0.717) is 0 Å². The molecule has 0 aromatic heterocycles. The molecule has 1 heteroatoms. The van der Waals surface area contributed by atoms with Crippen LogP contribution in [0.15, 0.2) is 24.3 Å². The van der Waals surface area contributed by atoms with Crippen molar-refractivity contribution in [2.45, 2.75) is 58.5 Å². The summed E-state index contributed by atoms with van der Waals surface area (Å²) in [6.45, 7) is 4.29. The Morgan fingerprint density at radius 3 is 2.25 bits per heavy atom. The van der Waals surface area contributed by atoms with Gasteiger partial charge >= 0.3 is 0 Å². The van der Waals surface area contributed by atoms with E-state index >= 15 is 0 Å². The maximum atomic E-state index is 9.97. The topological polar surface area (TPSA) is 20.2 Å². The lowest BCUT2D eigenvalue weighted by Crippen LogP contribution is -1.97. The van der Waals surface area contributed by atoms with Crippen molar-refractivity contribution in [3.8, 4) is 0 Å². The lowest BCUT2D eigenvalue weighted by Gasteiger charge is -2.10. The lowest BCUT2D eigenvalue weighted by atomic mass is 10.0. The highest BCUT2D eigenvalue weighted by molar-refractivity contribution is 5.22. The van der Waals surface area contributed by atoms with Crippen molar-refractivity contribution < 1.29 is 5.11 Å². The standard InChI is InChI=1S/C15H24O/c1-3-4-5-6-7-8-15(16)14-11-9-13(2)10-12-14/h9-12,15-16H,3-8H2,1-2H3. The number of hydrogen-bond acceptors (Lipinski definition) is 1. The van der Waals surface area contributed by atoms with Crippen LogP contribution in [0.25, 0.3) is 0 Å². The first-order valence-corrected chi connectivity index (χ1v) is 6.48. The van der Waals surface area contributed by atoms with Gasteiger partial charge in [-0.15, -0.1) is 0 Å². The molecule has 0 saturated carbocycles. The second kappa shape index (κ2) is 7.45. The van der Waals surface area contributed by atoms with E-state index in [0.717, 1.165) is 18.4 Å². The van der Waals surface area contributed by atoms with Crippen molar-refractivity contribution in [3.63, 3.8) is 0 Å². The Morgan fingerprint density at radius 2 is 1.62 bits per heavy atom. The maximum Gasteiger partial charge on any atom is 0.0790 e. The van der Waals surface area contributed by atoms with Crippen LogP contribution in [0.2, 0.25) is 0 Å². The Morgan fingerprint density at radius 1 is 1.00 bits per heavy atom. The molecule has 1 aromatic rings. The van der Waals surface area contributed by atoms with Crippen LogP contribution >= 0.6 is 0 Å². The van der Waals surface area contributed by atoms with Crippen LogP contribution < -0.4 is 0 Å². The van der Waals surface area contributed by atoms with Crippen molar-refractivity contribution in [2.24, 2.45) is 0 Å². The predicted molar refractivity (Wildman–Crippen MR) is 69.5 cm³/mol. The molecule has 0 amide bonds. The number of unbranched alkanes of at least 4 members (excludes halogenated alkanes) is 4. The van der Waals surface area contributed by atoms with Crippen LogP contribution in [0.3, 0.4) is 0 Å². The quantitative estimate of drug-likeness (QED) is 0.676. The third-order valence-electron chi connectivity index (χ3n) is 3.04. The third-order valence-corrected chi connectivity index (χ3v) is 3.04. The molecule has 0 aliphatic heterocycles. The van der Waals surface area contributed by atoms with Gasteiger partial charge in [0.25, 0.3) is 0 Å². The van der Waals surface area contributed by atoms with Crippen molar-refractivity contribution in [1.82, 2.24) is 0 Å². The Kier molecular flexibility index (Phi) is 6.17. The van der Waals surface area contributed by atoms with Gasteiger partial charge in [-0.1, -0.05) is 68.9 Å². The monoisotopic (exact) mass is 220 g/mol. The van der Waals surface area contributed by atoms with Gasteiger partial charge in [0.15, 0.2) is 0 Å². The normalized spacial score (nSPS) is 12.7. The van der Waals surface area contributed by atoms with E-state index in [-0.39, 0.29) is 6.10 Å². The smallest absolute Gasteiger partial charge is 0.0790 e. The molecule has 0 fully saturated rings. The van der Waals surface area contributed by atoms with Gasteiger partial charge in [-0.2, -0.15) is 0 Å². The number of hydrogen-bond donors (Lipinski definition) is 1. The summed E-state index contributed by atoms with van der Waals surface area (Å²) in [4.78, 5) is 0. The number of rotatable bonds is 7. The summed E-state index contributed by atoms with van der Waals surface area (Å²) in [6, 6.07) is 8.20. The molecule has 1 atom stereocenters. The zero-order valence-electron chi connectivity index (χ0n) is 10.6. The molecule has 90 valence electrons. The molecule has 0 bridgehead atoms. The van der Waals surface area contributed by atoms with E-state index in [2.05, 4.69) is 26.0 Å². The molecule has 1 rings (SSSR count). The summed E-state index contributed by atoms with van der Waals surface area (Å²) in [5.41, 5.74) is 2.31. The van der Waals surface area contributed by atoms with Crippen molar-refractivity contribution in [3.05, 3.63) is 35.4 Å². The largest absolute Gasteiger partial charge is 0.388 e. The molecule has 0 saturated heterocycles. The van der Waals surface area contributed by atoms with Crippen LogP contribution in [0.1, 0.15) is 62.7 Å². The van der Waals surface area contributed by atoms with Gasteiger partial charge in [0, 0.05) is 0 Å². The molecule has 0 spiro atoms. The summed E-state index contributed by atoms with van der Waals surface area (Å²) in [5.74, 6) is 0. The van der Waals surface area contributed by atoms with Crippen LogP contribution in [0, 0.1) is 6.92 Å². The second-order valence-electron chi connectivity index (χ2n) is 4.63. The van der Waals surface area contributed by atoms with Crippen molar-refractivity contribution >= 4 is 0 Å². The summed E-state index contributed by atoms with van der Waals surface area (Å²) in [6.07, 6.45) is 6.90. The van der Waals surface area contributed by atoms with Crippen LogP contribution in [-0.4, -0.2) is 5.11 Å². The Labute approximate surface area is 99.5 Å². The summed E-state index contributed by atoms with van der Waals surface area (Å²) >= 11 is 0. The summed E-state index contributed by atoms with van der Waals surface area (Å²) in [5, 5.41) is 9.97. The predicted octanol–water partition coefficient (Wildman–Crippen LogP) is 4.39. The van der Waals surface area contributed by atoms with Crippen LogP contribution in [0.5, 0.6) is 0 Å². The van der Waals surface area contributed by atoms with Gasteiger partial charge in [-0.3, -0.25) is 0 Å². The molecule has 0 aliphatic rings. The summed E-state index contributed by atoms with van der Waals surface area (Å²) < 4.78 is 0. The molecular formula is C15H24O. The lowest BCUT2D eigenvalue weighted by molar-refractivity contribution is 0.163. The zero-order valence-corrected chi connectivity index (χ0v) is 10.6. The van der Waals surface area contributed by atoms with Gasteiger partial charge < -0.3 is 5.11 Å². The van der Waals surface area contributed by atoms with Gasteiger partial charge in [0.05, 0.1) is 6.10 Å². The number of aryl methyl sites for hydroxylation is 1. The average molecular weight is 220 g/mol. The van der Waals surface area contributed by atoms with E-state index in [1.54, 1.807) is 0 Å². The molecular weight excluding hydrogens is 196 g/mol. The fourth-order valence-corrected chi connectivity index (χ4v) is 1.90. The van der Waals surface area contributed by atoms with Crippen LogP contribution in [-0.2, 0) is 0 Å². The number of benzene rings is 1. The molecule has 0 radical (unpaired) electrons. The maximum absolute atomic E-state index is 9.97. The molecule has 1 nitrogen and oxygen atoms in total. The van der Waals surface area contributed by atoms with Crippen molar-refractivity contribution in [1.29, 1.82) is 0 Å². The molecule has 1 aromatic carbocycles. The first-order valence-electron chi connectivity index (χ1n) is 6.48. The van der Waals surface area contributed by atoms with E-state index < -0.39 is 0 Å². The zero-order chi connectivity index (χ0) is 11.8. The highest BCUT2D eigenvalue weighted by Crippen LogP contribution is 2.20. The fourth-order valence-electron chi connectivity index (χ4n) is 1.90. The van der Waals surface area contributed by atoms with Gasteiger partial charge in [-0.05, 0) is 18.9 Å². The minimum atomic E-state index is -0.276. The summed E-state index contributed by atoms with van der Waals surface area (Å²) in [7, 11) is 0. The van der Waals surface area contributed by atoms with E-state index in [9.17, 15) is 5.11 Å². The van der Waals surface area contributed by atoms with E-state index in [4.69, 9.17) is 0 Å². The van der Waals surface area contributed by atoms with Crippen molar-refractivity contribution in [2.75, 3.05) is 0 Å². The van der Waals surface area contributed by atoms with Gasteiger partial charge in [0.2, 0.25) is 0 Å². The SMILES string of the molecule is CCCCCCCC(O)c1ccc(C)cc1. The highest BCUT2D eigenvalue weighted by atomic mass is 16.3. The second-order valence-corrected chi connectivity index (χ2v) is 4.63. The molecule has 16 heavy (non-hydrogen) atoms. The Hall–Kier alpha value is -0.820. The number of aliphatic hydroxyl groups excluding tert-OH is 1. The first kappa shape index (κ1) is 13.2. The third kappa shape index (κ3) is 4.80. The van der Waals surface area contributed by atoms with Crippen LogP contribution in [0.4, 0.5) is 0 Å². The van der Waals surface area contributed by atoms with E-state index in [1.807, 2.05) is 12.1 Å². The molecule has 1 unspecified atom stereocenters. The van der Waals surface area contributed by atoms with E-state index in [1.165, 1.54) is 31.2 Å².